The quantitative estimate of drug-likeness (QED) is 0.212. The van der Waals surface area contributed by atoms with Gasteiger partial charge in [0.1, 0.15) is 0 Å². The van der Waals surface area contributed by atoms with Gasteiger partial charge in [-0.15, -0.1) is 0 Å². The molecule has 6 rings (SSSR count). The predicted octanol–water partition coefficient (Wildman–Crippen LogP) is 9.08. The third-order valence-electron chi connectivity index (χ3n) is 14.4. The average Bonchev–Trinajstić information content (AvgIpc) is 3.33. The Morgan fingerprint density at radius 3 is 2.27 bits per heavy atom. The van der Waals surface area contributed by atoms with Gasteiger partial charge in [0.25, 0.3) is 0 Å². The van der Waals surface area contributed by atoms with E-state index in [2.05, 4.69) is 78.5 Å². The summed E-state index contributed by atoms with van der Waals surface area (Å²) in [6.07, 6.45) is 11.7. The number of hydrogen-bond donors (Lipinski definition) is 0. The van der Waals surface area contributed by atoms with Crippen LogP contribution in [0.15, 0.2) is 48.1 Å². The molecule has 0 saturated heterocycles. The van der Waals surface area contributed by atoms with E-state index in [0.29, 0.717) is 35.4 Å². The van der Waals surface area contributed by atoms with Crippen LogP contribution in [-0.4, -0.2) is 18.9 Å². The Labute approximate surface area is 248 Å². The Bertz CT molecular complexity index is 1290. The fraction of sp³-hybridized carbons (Fsp3) is 0.684. The van der Waals surface area contributed by atoms with E-state index in [9.17, 15) is 9.59 Å². The van der Waals surface area contributed by atoms with Crippen molar-refractivity contribution in [2.75, 3.05) is 7.11 Å². The molecule has 0 aliphatic heterocycles. The Morgan fingerprint density at radius 1 is 0.902 bits per heavy atom. The van der Waals surface area contributed by atoms with Crippen molar-refractivity contribution in [3.63, 3.8) is 0 Å². The molecule has 5 aliphatic carbocycles. The van der Waals surface area contributed by atoms with Crippen LogP contribution in [0.2, 0.25) is 0 Å². The molecule has 1 aromatic rings. The number of carbonyl (C=O) groups is 2. The van der Waals surface area contributed by atoms with E-state index in [1.165, 1.54) is 24.8 Å². The number of ether oxygens (including phenoxy) is 1. The number of allylic oxidation sites excluding steroid dienone is 2. The first-order valence-electron chi connectivity index (χ1n) is 16.3. The van der Waals surface area contributed by atoms with Crippen LogP contribution in [0.1, 0.15) is 105 Å². The number of rotatable bonds is 3. The summed E-state index contributed by atoms with van der Waals surface area (Å²) < 4.78 is 5.54. The molecule has 0 spiro atoms. The van der Waals surface area contributed by atoms with Gasteiger partial charge in [0.15, 0.2) is 5.78 Å². The van der Waals surface area contributed by atoms with Crippen molar-refractivity contribution >= 4 is 17.8 Å². The van der Waals surface area contributed by atoms with Crippen LogP contribution in [0.4, 0.5) is 0 Å². The number of Topliss-reactive ketones (excluding diaryl/α,β-unsaturated/α-hetero) is 1. The summed E-state index contributed by atoms with van der Waals surface area (Å²) >= 11 is 0. The highest BCUT2D eigenvalue weighted by Crippen LogP contribution is 2.77. The summed E-state index contributed by atoms with van der Waals surface area (Å²) in [6.45, 7) is 18.9. The standard InChI is InChI=1S/C38H52O3/c1-24(2)27-16-19-38(33(40)41-8)21-20-36(6)28(31(27)38)14-15-30-35(5)23-26(22-25-12-10-9-11-13-25)32(39)34(3,4)29(35)17-18-37(30,36)7/h9-13,22,27-31H,1,14-21,23H2,2-8H3/b26-22-/t27-,28-,29-,30+,31-,35-,36-,37-,38+/m0/s1. The predicted molar refractivity (Wildman–Crippen MR) is 166 cm³/mol. The van der Waals surface area contributed by atoms with E-state index >= 15 is 0 Å². The summed E-state index contributed by atoms with van der Waals surface area (Å²) in [5.41, 5.74) is 3.06. The second-order valence-corrected chi connectivity index (χ2v) is 16.1. The van der Waals surface area contributed by atoms with Crippen LogP contribution in [0.5, 0.6) is 0 Å². The Morgan fingerprint density at radius 2 is 1.61 bits per heavy atom. The van der Waals surface area contributed by atoms with Gasteiger partial charge in [0.05, 0.1) is 12.5 Å². The number of fused-ring (bicyclic) bond motifs is 7. The zero-order valence-electron chi connectivity index (χ0n) is 26.6. The molecule has 9 atom stereocenters. The lowest BCUT2D eigenvalue weighted by atomic mass is 9.32. The molecule has 5 fully saturated rings. The van der Waals surface area contributed by atoms with E-state index in [0.717, 1.165) is 49.7 Å². The maximum absolute atomic E-state index is 14.0. The molecule has 0 N–H and O–H groups in total. The Balaban J connectivity index is 1.42. The third-order valence-corrected chi connectivity index (χ3v) is 14.4. The van der Waals surface area contributed by atoms with Gasteiger partial charge in [-0.05, 0) is 128 Å². The van der Waals surface area contributed by atoms with Crippen molar-refractivity contribution in [1.29, 1.82) is 0 Å². The number of benzene rings is 1. The van der Waals surface area contributed by atoms with Gasteiger partial charge in [0.2, 0.25) is 0 Å². The molecule has 5 aliphatic rings. The van der Waals surface area contributed by atoms with E-state index in [1.54, 1.807) is 7.11 Å². The van der Waals surface area contributed by atoms with E-state index < -0.39 is 0 Å². The molecule has 0 heterocycles. The second-order valence-electron chi connectivity index (χ2n) is 16.1. The smallest absolute Gasteiger partial charge is 0.312 e. The number of esters is 1. The molecule has 1 aromatic carbocycles. The summed E-state index contributed by atoms with van der Waals surface area (Å²) in [4.78, 5) is 27.5. The molecule has 41 heavy (non-hydrogen) atoms. The lowest BCUT2D eigenvalue weighted by Crippen LogP contribution is -2.67. The van der Waals surface area contributed by atoms with E-state index in [1.807, 2.05) is 6.07 Å². The van der Waals surface area contributed by atoms with Gasteiger partial charge in [-0.2, -0.15) is 0 Å². The molecule has 222 valence electrons. The fourth-order valence-electron chi connectivity index (χ4n) is 12.4. The van der Waals surface area contributed by atoms with Gasteiger partial charge >= 0.3 is 5.97 Å². The number of carbonyl (C=O) groups excluding carboxylic acids is 2. The normalized spacial score (nSPS) is 45.7. The summed E-state index contributed by atoms with van der Waals surface area (Å²) in [6, 6.07) is 10.4. The minimum absolute atomic E-state index is 0.0273. The van der Waals surface area contributed by atoms with Gasteiger partial charge in [0, 0.05) is 5.41 Å². The van der Waals surface area contributed by atoms with Gasteiger partial charge < -0.3 is 4.74 Å². The van der Waals surface area contributed by atoms with Crippen molar-refractivity contribution in [1.82, 2.24) is 0 Å². The molecule has 0 radical (unpaired) electrons. The van der Waals surface area contributed by atoms with Crippen LogP contribution in [-0.2, 0) is 14.3 Å². The maximum Gasteiger partial charge on any atom is 0.312 e. The van der Waals surface area contributed by atoms with Crippen molar-refractivity contribution in [3.8, 4) is 0 Å². The zero-order valence-corrected chi connectivity index (χ0v) is 26.6. The SMILES string of the molecule is C=C(C)[C@@H]1CC[C@@]2(C(=O)OC)CC[C@@]3(C)[C@@H](CC[C@@H]4[C@@]5(C)C/C(=C/c6ccccc6)C(=O)C(C)(C)[C@@H]5CC[C@@]43C)[C@H]12. The molecular weight excluding hydrogens is 504 g/mol. The van der Waals surface area contributed by atoms with Crippen molar-refractivity contribution in [2.24, 2.45) is 56.7 Å². The maximum atomic E-state index is 14.0. The molecule has 0 aromatic heterocycles. The lowest BCUT2D eigenvalue weighted by Gasteiger charge is -2.72. The molecule has 5 saturated carbocycles. The Kier molecular flexibility index (Phi) is 6.65. The minimum Gasteiger partial charge on any atom is -0.469 e. The first kappa shape index (κ1) is 28.9. The minimum atomic E-state index is -0.365. The van der Waals surface area contributed by atoms with Crippen LogP contribution >= 0.6 is 0 Å². The molecule has 0 bridgehead atoms. The first-order valence-corrected chi connectivity index (χ1v) is 16.3. The number of methoxy groups -OCH3 is 1. The van der Waals surface area contributed by atoms with Gasteiger partial charge in [-0.1, -0.05) is 77.1 Å². The van der Waals surface area contributed by atoms with Crippen LogP contribution < -0.4 is 0 Å². The van der Waals surface area contributed by atoms with E-state index in [4.69, 9.17) is 4.74 Å². The molecule has 3 heteroatoms. The molecule has 0 unspecified atom stereocenters. The summed E-state index contributed by atoms with van der Waals surface area (Å²) in [5, 5.41) is 0. The van der Waals surface area contributed by atoms with E-state index in [-0.39, 0.29) is 33.0 Å². The summed E-state index contributed by atoms with van der Waals surface area (Å²) in [5.74, 6) is 2.55. The van der Waals surface area contributed by atoms with Crippen LogP contribution in [0.3, 0.4) is 0 Å². The second kappa shape index (κ2) is 9.42. The highest BCUT2D eigenvalue weighted by molar-refractivity contribution is 6.04. The largest absolute Gasteiger partial charge is 0.469 e. The van der Waals surface area contributed by atoms with Crippen molar-refractivity contribution < 1.29 is 14.3 Å². The average molecular weight is 557 g/mol. The fourth-order valence-corrected chi connectivity index (χ4v) is 12.4. The highest BCUT2D eigenvalue weighted by Gasteiger charge is 2.72. The highest BCUT2D eigenvalue weighted by atomic mass is 16.5. The molecule has 0 amide bonds. The molecular formula is C38H52O3. The lowest BCUT2D eigenvalue weighted by molar-refractivity contribution is -0.232. The Hall–Kier alpha value is -2.16. The van der Waals surface area contributed by atoms with Crippen LogP contribution in [0, 0.1) is 56.7 Å². The van der Waals surface area contributed by atoms with Gasteiger partial charge in [-0.25, -0.2) is 0 Å². The van der Waals surface area contributed by atoms with Crippen LogP contribution in [0.25, 0.3) is 6.08 Å². The van der Waals surface area contributed by atoms with Crippen molar-refractivity contribution in [2.45, 2.75) is 99.3 Å². The zero-order chi connectivity index (χ0) is 29.6. The first-order chi connectivity index (χ1) is 19.3. The third kappa shape index (κ3) is 3.75. The molecule has 3 nitrogen and oxygen atoms in total. The monoisotopic (exact) mass is 556 g/mol. The topological polar surface area (TPSA) is 43.4 Å². The number of hydrogen-bond acceptors (Lipinski definition) is 3. The van der Waals surface area contributed by atoms with Crippen molar-refractivity contribution in [3.05, 3.63) is 53.6 Å². The van der Waals surface area contributed by atoms with Gasteiger partial charge in [-0.3, -0.25) is 9.59 Å². The summed E-state index contributed by atoms with van der Waals surface area (Å²) in [7, 11) is 1.59. The number of ketones is 1.